The van der Waals surface area contributed by atoms with E-state index in [9.17, 15) is 9.36 Å². The lowest BCUT2D eigenvalue weighted by Crippen LogP contribution is -2.35. The van der Waals surface area contributed by atoms with Gasteiger partial charge in [0, 0.05) is 5.16 Å². The molecule has 0 aliphatic rings. The number of carbonyl (C=O) groups excluding carboxylic acids is 1. The van der Waals surface area contributed by atoms with Crippen LogP contribution in [0.15, 0.2) is 30.3 Å². The molecule has 0 radical (unpaired) electrons. The Balaban J connectivity index is 3.09. The predicted octanol–water partition coefficient (Wildman–Crippen LogP) is 4.73. The fraction of sp³-hybridized carbons (Fsp3) is 0.588. The first-order valence-corrected chi connectivity index (χ1v) is 9.34. The van der Waals surface area contributed by atoms with Gasteiger partial charge in [-0.3, -0.25) is 9.36 Å². The Hall–Kier alpha value is -1.28. The lowest BCUT2D eigenvalue weighted by Gasteiger charge is -2.35. The summed E-state index contributed by atoms with van der Waals surface area (Å²) in [5.74, 6) is 0.205. The molecule has 0 fully saturated rings. The molecule has 1 aromatic carbocycles. The highest BCUT2D eigenvalue weighted by atomic mass is 31.2. The number of ether oxygens (including phenoxy) is 1. The minimum atomic E-state index is -3.12. The maximum atomic E-state index is 13.5. The van der Waals surface area contributed by atoms with Crippen LogP contribution in [0.1, 0.15) is 41.5 Å². The van der Waals surface area contributed by atoms with E-state index in [-0.39, 0.29) is 12.1 Å². The van der Waals surface area contributed by atoms with Crippen LogP contribution in [0.25, 0.3) is 0 Å². The van der Waals surface area contributed by atoms with Crippen LogP contribution in [0.4, 0.5) is 0 Å². The van der Waals surface area contributed by atoms with Crippen LogP contribution in [0.3, 0.4) is 0 Å². The zero-order valence-electron chi connectivity index (χ0n) is 14.4. The quantitative estimate of drug-likeness (QED) is 0.560. The molecule has 0 aliphatic carbocycles. The molecule has 0 aromatic heterocycles. The second-order valence-corrected chi connectivity index (χ2v) is 10.2. The average molecular weight is 326 g/mol. The monoisotopic (exact) mass is 326 g/mol. The number of esters is 1. The molecule has 0 aliphatic heterocycles. The van der Waals surface area contributed by atoms with Crippen molar-refractivity contribution >= 4 is 13.3 Å². The highest BCUT2D eigenvalue weighted by Gasteiger charge is 2.46. The first kappa shape index (κ1) is 18.8. The summed E-state index contributed by atoms with van der Waals surface area (Å²) in [5.41, 5.74) is -0.867. The molecule has 1 atom stereocenters. The Morgan fingerprint density at radius 1 is 1.09 bits per heavy atom. The van der Waals surface area contributed by atoms with Crippen LogP contribution < -0.4 is 4.52 Å². The van der Waals surface area contributed by atoms with Crippen molar-refractivity contribution in [2.75, 3.05) is 12.8 Å². The van der Waals surface area contributed by atoms with Gasteiger partial charge in [0.2, 0.25) is 0 Å². The van der Waals surface area contributed by atoms with E-state index in [0.717, 1.165) is 0 Å². The standard InChI is InChI=1S/C17H27O4P/c1-7-20-15(18)17(5,6)13-22(19,16(2,3)4)21-14-11-9-8-10-12-14/h8-12H,7,13H2,1-6H3. The van der Waals surface area contributed by atoms with Gasteiger partial charge < -0.3 is 9.26 Å². The molecule has 0 bridgehead atoms. The Bertz CT molecular complexity index is 544. The third kappa shape index (κ3) is 4.61. The number of hydrogen-bond acceptors (Lipinski definition) is 4. The number of benzene rings is 1. The molecule has 1 aromatic rings. The largest absolute Gasteiger partial charge is 0.466 e. The Kier molecular flexibility index (Phi) is 5.86. The summed E-state index contributed by atoms with van der Waals surface area (Å²) in [6, 6.07) is 9.08. The molecule has 5 heteroatoms. The summed E-state index contributed by atoms with van der Waals surface area (Å²) >= 11 is 0. The van der Waals surface area contributed by atoms with E-state index in [1.807, 2.05) is 39.0 Å². The van der Waals surface area contributed by atoms with Crippen LogP contribution in [0.5, 0.6) is 5.75 Å². The molecule has 0 amide bonds. The number of hydrogen-bond donors (Lipinski definition) is 0. The van der Waals surface area contributed by atoms with Crippen LogP contribution >= 0.6 is 7.37 Å². The molecule has 0 spiro atoms. The van der Waals surface area contributed by atoms with E-state index in [2.05, 4.69) is 0 Å². The van der Waals surface area contributed by atoms with E-state index < -0.39 is 17.9 Å². The molecule has 124 valence electrons. The van der Waals surface area contributed by atoms with Gasteiger partial charge in [-0.25, -0.2) is 0 Å². The molecule has 22 heavy (non-hydrogen) atoms. The summed E-state index contributed by atoms with van der Waals surface area (Å²) in [5, 5.41) is -0.577. The third-order valence-corrected chi connectivity index (χ3v) is 7.21. The Morgan fingerprint density at radius 2 is 1.64 bits per heavy atom. The van der Waals surface area contributed by atoms with Crippen molar-refractivity contribution in [2.45, 2.75) is 46.7 Å². The third-order valence-electron chi connectivity index (χ3n) is 3.45. The molecule has 0 saturated carbocycles. The molecule has 0 saturated heterocycles. The van der Waals surface area contributed by atoms with Gasteiger partial charge in [0.05, 0.1) is 18.2 Å². The summed E-state index contributed by atoms with van der Waals surface area (Å²) in [7, 11) is -3.12. The topological polar surface area (TPSA) is 52.6 Å². The zero-order chi connectivity index (χ0) is 17.0. The Labute approximate surface area is 133 Å². The van der Waals surface area contributed by atoms with Crippen LogP contribution in [0, 0.1) is 5.41 Å². The molecular weight excluding hydrogens is 299 g/mol. The van der Waals surface area contributed by atoms with Crippen LogP contribution in [0.2, 0.25) is 0 Å². The van der Waals surface area contributed by atoms with Crippen molar-refractivity contribution in [3.8, 4) is 5.75 Å². The fourth-order valence-electron chi connectivity index (χ4n) is 1.97. The molecule has 1 rings (SSSR count). The minimum Gasteiger partial charge on any atom is -0.466 e. The van der Waals surface area contributed by atoms with Gasteiger partial charge in [0.25, 0.3) is 7.37 Å². The normalized spacial score (nSPS) is 15.0. The molecule has 0 N–H and O–H groups in total. The van der Waals surface area contributed by atoms with Crippen LogP contribution in [-0.2, 0) is 14.1 Å². The van der Waals surface area contributed by atoms with Crippen molar-refractivity contribution in [2.24, 2.45) is 5.41 Å². The van der Waals surface area contributed by atoms with E-state index >= 15 is 0 Å². The van der Waals surface area contributed by atoms with E-state index in [0.29, 0.717) is 12.4 Å². The zero-order valence-corrected chi connectivity index (χ0v) is 15.3. The predicted molar refractivity (Wildman–Crippen MR) is 89.7 cm³/mol. The van der Waals surface area contributed by atoms with Crippen LogP contribution in [-0.4, -0.2) is 23.9 Å². The SMILES string of the molecule is CCOC(=O)C(C)(C)CP(=O)(Oc1ccccc1)C(C)(C)C. The summed E-state index contributed by atoms with van der Waals surface area (Å²) in [6.07, 6.45) is 0.136. The lowest BCUT2D eigenvalue weighted by atomic mass is 9.97. The number of carbonyl (C=O) groups is 1. The van der Waals surface area contributed by atoms with Gasteiger partial charge in [-0.1, -0.05) is 39.0 Å². The summed E-state index contributed by atoms with van der Waals surface area (Å²) < 4.78 is 24.5. The molecule has 1 unspecified atom stereocenters. The maximum absolute atomic E-state index is 13.5. The average Bonchev–Trinajstić information content (AvgIpc) is 2.38. The fourth-order valence-corrected chi connectivity index (χ4v) is 4.41. The van der Waals surface area contributed by atoms with Crippen molar-refractivity contribution in [3.63, 3.8) is 0 Å². The first-order valence-electron chi connectivity index (χ1n) is 7.53. The summed E-state index contributed by atoms with van der Waals surface area (Å²) in [6.45, 7) is 11.2. The summed E-state index contributed by atoms with van der Waals surface area (Å²) in [4.78, 5) is 12.1. The van der Waals surface area contributed by atoms with Gasteiger partial charge in [-0.05, 0) is 32.9 Å². The van der Waals surface area contributed by atoms with Crippen molar-refractivity contribution < 1.29 is 18.6 Å². The van der Waals surface area contributed by atoms with Crippen molar-refractivity contribution in [1.29, 1.82) is 0 Å². The number of para-hydroxylation sites is 1. The second kappa shape index (κ2) is 6.87. The molecule has 0 heterocycles. The van der Waals surface area contributed by atoms with Crippen molar-refractivity contribution in [3.05, 3.63) is 30.3 Å². The maximum Gasteiger partial charge on any atom is 0.312 e. The van der Waals surface area contributed by atoms with Crippen molar-refractivity contribution in [1.82, 2.24) is 0 Å². The van der Waals surface area contributed by atoms with Gasteiger partial charge in [-0.2, -0.15) is 0 Å². The molecular formula is C17H27O4P. The first-order chi connectivity index (χ1) is 10.0. The van der Waals surface area contributed by atoms with Gasteiger partial charge in [0.15, 0.2) is 0 Å². The minimum absolute atomic E-state index is 0.136. The highest BCUT2D eigenvalue weighted by Crippen LogP contribution is 2.61. The van der Waals surface area contributed by atoms with E-state index in [1.54, 1.807) is 32.9 Å². The van der Waals surface area contributed by atoms with Gasteiger partial charge in [0.1, 0.15) is 5.75 Å². The smallest absolute Gasteiger partial charge is 0.312 e. The lowest BCUT2D eigenvalue weighted by molar-refractivity contribution is -0.152. The number of rotatable bonds is 6. The van der Waals surface area contributed by atoms with E-state index in [4.69, 9.17) is 9.26 Å². The molecule has 4 nitrogen and oxygen atoms in total. The Morgan fingerprint density at radius 3 is 2.09 bits per heavy atom. The second-order valence-electron chi connectivity index (χ2n) is 7.01. The highest BCUT2D eigenvalue weighted by molar-refractivity contribution is 7.61. The van der Waals surface area contributed by atoms with Gasteiger partial charge >= 0.3 is 5.97 Å². The van der Waals surface area contributed by atoms with E-state index in [1.165, 1.54) is 0 Å². The van der Waals surface area contributed by atoms with Gasteiger partial charge in [-0.15, -0.1) is 0 Å².